The van der Waals surface area contributed by atoms with Crippen molar-refractivity contribution in [2.45, 2.75) is 19.9 Å². The highest BCUT2D eigenvalue weighted by Gasteiger charge is 2.05. The van der Waals surface area contributed by atoms with Crippen LogP contribution in [0, 0.1) is 0 Å². The third-order valence-corrected chi connectivity index (χ3v) is 3.56. The minimum absolute atomic E-state index is 0.395. The summed E-state index contributed by atoms with van der Waals surface area (Å²) in [5, 5.41) is 0.999. The number of ether oxygens (including phenoxy) is 1. The van der Waals surface area contributed by atoms with Gasteiger partial charge in [-0.15, -0.1) is 0 Å². The first-order chi connectivity index (χ1) is 10.5. The van der Waals surface area contributed by atoms with Crippen LogP contribution in [0.25, 0.3) is 0 Å². The highest BCUT2D eigenvalue weighted by molar-refractivity contribution is 6.35. The Kier molecular flexibility index (Phi) is 5.63. The summed E-state index contributed by atoms with van der Waals surface area (Å²) in [6.07, 6.45) is 3.42. The van der Waals surface area contributed by atoms with Gasteiger partial charge in [-0.2, -0.15) is 0 Å². The van der Waals surface area contributed by atoms with Crippen molar-refractivity contribution in [2.24, 2.45) is 4.99 Å². The molecule has 2 aromatic rings. The molecule has 4 nitrogen and oxygen atoms in total. The van der Waals surface area contributed by atoms with E-state index < -0.39 is 0 Å². The first kappa shape index (κ1) is 16.6. The fraction of sp³-hybridized carbons (Fsp3) is 0.250. The molecule has 0 unspecified atom stereocenters. The Bertz CT molecular complexity index is 657. The lowest BCUT2D eigenvalue weighted by Crippen LogP contribution is -2.24. The number of aromatic nitrogens is 1. The van der Waals surface area contributed by atoms with Crippen LogP contribution in [0.2, 0.25) is 10.0 Å². The van der Waals surface area contributed by atoms with E-state index >= 15 is 0 Å². The molecule has 0 amide bonds. The Morgan fingerprint density at radius 1 is 1.23 bits per heavy atom. The normalized spacial score (nSPS) is 11.2. The van der Waals surface area contributed by atoms with Gasteiger partial charge in [-0.05, 0) is 38.1 Å². The highest BCUT2D eigenvalue weighted by Crippen LogP contribution is 2.31. The number of pyridine rings is 1. The molecule has 0 fully saturated rings. The predicted octanol–water partition coefficient (Wildman–Crippen LogP) is 5.18. The summed E-state index contributed by atoms with van der Waals surface area (Å²) >= 11 is 11.9. The quantitative estimate of drug-likeness (QED) is 0.557. The standard InChI is InChI=1S/C16H17Cl2N3O/c1-11(2)21(3)10-20-13-5-7-16(19-9-13)22-15-6-4-12(17)8-14(15)18/h4-11H,1-3H3. The van der Waals surface area contributed by atoms with Gasteiger partial charge in [0, 0.05) is 24.2 Å². The Morgan fingerprint density at radius 3 is 2.59 bits per heavy atom. The van der Waals surface area contributed by atoms with Gasteiger partial charge in [-0.25, -0.2) is 9.98 Å². The molecule has 6 heteroatoms. The second-order valence-electron chi connectivity index (χ2n) is 5.04. The molecule has 0 bridgehead atoms. The molecule has 22 heavy (non-hydrogen) atoms. The maximum absolute atomic E-state index is 6.06. The molecule has 1 aromatic carbocycles. The van der Waals surface area contributed by atoms with Crippen LogP contribution in [0.1, 0.15) is 13.8 Å². The molecule has 0 saturated heterocycles. The Hall–Kier alpha value is -1.78. The smallest absolute Gasteiger partial charge is 0.219 e. The lowest BCUT2D eigenvalue weighted by Gasteiger charge is -2.17. The summed E-state index contributed by atoms with van der Waals surface area (Å²) in [5.74, 6) is 0.953. The molecule has 0 aliphatic rings. The summed E-state index contributed by atoms with van der Waals surface area (Å²) in [4.78, 5) is 10.6. The van der Waals surface area contributed by atoms with Gasteiger partial charge in [0.1, 0.15) is 5.75 Å². The third-order valence-electron chi connectivity index (χ3n) is 3.03. The van der Waals surface area contributed by atoms with Crippen molar-refractivity contribution in [3.05, 3.63) is 46.6 Å². The average molecular weight is 338 g/mol. The van der Waals surface area contributed by atoms with Crippen molar-refractivity contribution in [1.82, 2.24) is 9.88 Å². The van der Waals surface area contributed by atoms with Crippen molar-refractivity contribution < 1.29 is 4.74 Å². The number of hydrogen-bond acceptors (Lipinski definition) is 3. The van der Waals surface area contributed by atoms with Gasteiger partial charge in [-0.3, -0.25) is 0 Å². The zero-order chi connectivity index (χ0) is 16.1. The molecule has 1 heterocycles. The van der Waals surface area contributed by atoms with E-state index in [4.69, 9.17) is 27.9 Å². The molecule has 0 saturated carbocycles. The van der Waals surface area contributed by atoms with E-state index in [9.17, 15) is 0 Å². The van der Waals surface area contributed by atoms with Gasteiger partial charge >= 0.3 is 0 Å². The van der Waals surface area contributed by atoms with Gasteiger partial charge < -0.3 is 9.64 Å². The molecule has 116 valence electrons. The predicted molar refractivity (Wildman–Crippen MR) is 91.8 cm³/mol. The van der Waals surface area contributed by atoms with Crippen LogP contribution in [0.5, 0.6) is 11.6 Å². The maximum Gasteiger partial charge on any atom is 0.219 e. The summed E-state index contributed by atoms with van der Waals surface area (Å²) in [7, 11) is 1.97. The summed E-state index contributed by atoms with van der Waals surface area (Å²) in [6.45, 7) is 4.19. The van der Waals surface area contributed by atoms with Crippen molar-refractivity contribution in [3.8, 4) is 11.6 Å². The van der Waals surface area contributed by atoms with Crippen LogP contribution in [-0.2, 0) is 0 Å². The van der Waals surface area contributed by atoms with E-state index in [1.807, 2.05) is 18.0 Å². The lowest BCUT2D eigenvalue weighted by atomic mass is 10.3. The Morgan fingerprint density at radius 2 is 2.00 bits per heavy atom. The molecule has 1 aromatic heterocycles. The number of nitrogens with zero attached hydrogens (tertiary/aromatic N) is 3. The van der Waals surface area contributed by atoms with Crippen LogP contribution in [0.3, 0.4) is 0 Å². The molecule has 2 rings (SSSR count). The molecule has 0 atom stereocenters. The molecule has 0 spiro atoms. The number of hydrogen-bond donors (Lipinski definition) is 0. The van der Waals surface area contributed by atoms with Gasteiger partial charge in [0.15, 0.2) is 0 Å². The second-order valence-corrected chi connectivity index (χ2v) is 5.88. The number of benzene rings is 1. The van der Waals surface area contributed by atoms with Crippen LogP contribution in [0.15, 0.2) is 41.5 Å². The lowest BCUT2D eigenvalue weighted by molar-refractivity contribution is 0.429. The number of rotatable bonds is 5. The van der Waals surface area contributed by atoms with E-state index in [-0.39, 0.29) is 0 Å². The molecule has 0 N–H and O–H groups in total. The van der Waals surface area contributed by atoms with Crippen LogP contribution < -0.4 is 4.74 Å². The van der Waals surface area contributed by atoms with E-state index in [2.05, 4.69) is 23.8 Å². The summed E-state index contributed by atoms with van der Waals surface area (Å²) in [6, 6.07) is 9.01. The monoisotopic (exact) mass is 337 g/mol. The fourth-order valence-electron chi connectivity index (χ4n) is 1.47. The van der Waals surface area contributed by atoms with Crippen LogP contribution in [-0.4, -0.2) is 29.3 Å². The molecular weight excluding hydrogens is 321 g/mol. The van der Waals surface area contributed by atoms with Gasteiger partial charge in [0.2, 0.25) is 5.88 Å². The minimum Gasteiger partial charge on any atom is -0.437 e. The van der Waals surface area contributed by atoms with E-state index in [0.717, 1.165) is 5.69 Å². The summed E-state index contributed by atoms with van der Waals surface area (Å²) < 4.78 is 5.62. The van der Waals surface area contributed by atoms with Crippen molar-refractivity contribution in [2.75, 3.05) is 7.05 Å². The molecular formula is C16H17Cl2N3O. The van der Waals surface area contributed by atoms with E-state index in [0.29, 0.717) is 27.7 Å². The summed E-state index contributed by atoms with van der Waals surface area (Å²) in [5.41, 5.74) is 0.752. The second kappa shape index (κ2) is 7.47. The Labute approximate surface area is 140 Å². The first-order valence-electron chi connectivity index (χ1n) is 6.81. The third kappa shape index (κ3) is 4.61. The minimum atomic E-state index is 0.395. The van der Waals surface area contributed by atoms with Crippen molar-refractivity contribution >= 4 is 35.2 Å². The van der Waals surface area contributed by atoms with Crippen molar-refractivity contribution in [1.29, 1.82) is 0 Å². The van der Waals surface area contributed by atoms with Gasteiger partial charge in [0.25, 0.3) is 0 Å². The largest absolute Gasteiger partial charge is 0.437 e. The molecule has 0 aliphatic heterocycles. The first-order valence-corrected chi connectivity index (χ1v) is 7.56. The van der Waals surface area contributed by atoms with Crippen LogP contribution >= 0.6 is 23.2 Å². The topological polar surface area (TPSA) is 37.7 Å². The number of halogens is 2. The fourth-order valence-corrected chi connectivity index (χ4v) is 1.92. The zero-order valence-corrected chi connectivity index (χ0v) is 14.1. The van der Waals surface area contributed by atoms with Crippen LogP contribution in [0.4, 0.5) is 5.69 Å². The van der Waals surface area contributed by atoms with Gasteiger partial charge in [0.05, 0.1) is 23.2 Å². The molecule has 0 radical (unpaired) electrons. The maximum atomic E-state index is 6.06. The SMILES string of the molecule is CC(C)N(C)C=Nc1ccc(Oc2ccc(Cl)cc2Cl)nc1. The molecule has 0 aliphatic carbocycles. The highest BCUT2D eigenvalue weighted by atomic mass is 35.5. The van der Waals surface area contributed by atoms with E-state index in [1.165, 1.54) is 0 Å². The average Bonchev–Trinajstić information content (AvgIpc) is 2.49. The van der Waals surface area contributed by atoms with E-state index in [1.54, 1.807) is 36.8 Å². The van der Waals surface area contributed by atoms with Gasteiger partial charge in [-0.1, -0.05) is 23.2 Å². The Balaban J connectivity index is 2.06. The number of aliphatic imine (C=N–C) groups is 1. The van der Waals surface area contributed by atoms with Crippen molar-refractivity contribution in [3.63, 3.8) is 0 Å². The zero-order valence-electron chi connectivity index (χ0n) is 12.6.